The fourth-order valence-electron chi connectivity index (χ4n) is 10.5. The van der Waals surface area contributed by atoms with Crippen molar-refractivity contribution in [1.82, 2.24) is 0 Å². The minimum Gasteiger partial charge on any atom is -0.393 e. The molecule has 1 nitrogen and oxygen atoms in total. The van der Waals surface area contributed by atoms with E-state index in [0.29, 0.717) is 27.6 Å². The summed E-state index contributed by atoms with van der Waals surface area (Å²) >= 11 is 0. The van der Waals surface area contributed by atoms with Crippen molar-refractivity contribution in [3.8, 4) is 0 Å². The maximum Gasteiger partial charge on any atom is 0.0543 e. The van der Waals surface area contributed by atoms with Gasteiger partial charge in [0, 0.05) is 0 Å². The van der Waals surface area contributed by atoms with Gasteiger partial charge in [0.25, 0.3) is 0 Å². The summed E-state index contributed by atoms with van der Waals surface area (Å²) in [6.45, 7) is 17.0. The van der Waals surface area contributed by atoms with Gasteiger partial charge in [0.1, 0.15) is 0 Å². The van der Waals surface area contributed by atoms with Crippen LogP contribution in [0.5, 0.6) is 0 Å². The predicted octanol–water partition coefficient (Wildman–Crippen LogP) is 7.78. The van der Waals surface area contributed by atoms with Crippen molar-refractivity contribution >= 4 is 0 Å². The SMILES string of the molecule is C=C(CCC(C)[C@H]1CC[C@@]2(C)C3CCC4C[C@@H](O)CCC45CC35CC[C@]12C)C(C)C. The third-order valence-corrected chi connectivity index (χ3v) is 12.6. The van der Waals surface area contributed by atoms with E-state index in [1.807, 2.05) is 0 Å². The number of aliphatic hydroxyl groups excluding tert-OH is 1. The third kappa shape index (κ3) is 2.63. The Kier molecular flexibility index (Phi) is 4.92. The molecule has 0 aromatic carbocycles. The van der Waals surface area contributed by atoms with E-state index < -0.39 is 0 Å². The Morgan fingerprint density at radius 2 is 1.70 bits per heavy atom. The molecule has 1 heteroatoms. The van der Waals surface area contributed by atoms with E-state index in [0.717, 1.165) is 36.5 Å². The topological polar surface area (TPSA) is 20.2 Å². The summed E-state index contributed by atoms with van der Waals surface area (Å²) in [6, 6.07) is 0. The first-order valence-electron chi connectivity index (χ1n) is 13.5. The molecule has 5 saturated carbocycles. The molecule has 5 rings (SSSR count). The highest BCUT2D eigenvalue weighted by atomic mass is 16.3. The lowest BCUT2D eigenvalue weighted by molar-refractivity contribution is -0.133. The monoisotopic (exact) mass is 412 g/mol. The van der Waals surface area contributed by atoms with Crippen LogP contribution in [-0.2, 0) is 0 Å². The molecular formula is C29H48O. The first-order valence-corrected chi connectivity index (χ1v) is 13.5. The van der Waals surface area contributed by atoms with Crippen molar-refractivity contribution < 1.29 is 5.11 Å². The number of rotatable bonds is 5. The normalized spacial score (nSPS) is 52.8. The van der Waals surface area contributed by atoms with E-state index in [9.17, 15) is 5.11 Å². The number of hydrogen-bond acceptors (Lipinski definition) is 1. The van der Waals surface area contributed by atoms with Gasteiger partial charge in [0.15, 0.2) is 0 Å². The Balaban J connectivity index is 1.36. The maximum absolute atomic E-state index is 10.3. The molecule has 0 bridgehead atoms. The number of fused-ring (bicyclic) bond motifs is 2. The molecule has 5 fully saturated rings. The van der Waals surface area contributed by atoms with E-state index in [4.69, 9.17) is 0 Å². The molecule has 0 heterocycles. The quantitative estimate of drug-likeness (QED) is 0.457. The number of aliphatic hydroxyl groups is 1. The van der Waals surface area contributed by atoms with E-state index in [1.54, 1.807) is 0 Å². The zero-order chi connectivity index (χ0) is 21.5. The van der Waals surface area contributed by atoms with E-state index >= 15 is 0 Å². The summed E-state index contributed by atoms with van der Waals surface area (Å²) in [5, 5.41) is 10.3. The van der Waals surface area contributed by atoms with Crippen LogP contribution in [0.25, 0.3) is 0 Å². The van der Waals surface area contributed by atoms with Gasteiger partial charge in [-0.2, -0.15) is 0 Å². The van der Waals surface area contributed by atoms with Gasteiger partial charge in [-0.05, 0) is 128 Å². The van der Waals surface area contributed by atoms with Crippen LogP contribution in [0.15, 0.2) is 12.2 Å². The van der Waals surface area contributed by atoms with Gasteiger partial charge < -0.3 is 5.11 Å². The maximum atomic E-state index is 10.3. The third-order valence-electron chi connectivity index (χ3n) is 12.6. The predicted molar refractivity (Wildman–Crippen MR) is 126 cm³/mol. The van der Waals surface area contributed by atoms with Gasteiger partial charge in [-0.3, -0.25) is 0 Å². The van der Waals surface area contributed by atoms with Crippen molar-refractivity contribution in [2.24, 2.45) is 51.2 Å². The Hall–Kier alpha value is -0.300. The molecule has 0 amide bonds. The van der Waals surface area contributed by atoms with Crippen molar-refractivity contribution in [3.63, 3.8) is 0 Å². The molecule has 5 aliphatic carbocycles. The zero-order valence-corrected chi connectivity index (χ0v) is 20.6. The molecule has 5 aliphatic rings. The second-order valence-corrected chi connectivity index (χ2v) is 13.6. The zero-order valence-electron chi connectivity index (χ0n) is 20.6. The lowest BCUT2D eigenvalue weighted by Crippen LogP contribution is -2.55. The Morgan fingerprint density at radius 3 is 2.43 bits per heavy atom. The first-order chi connectivity index (χ1) is 14.1. The van der Waals surface area contributed by atoms with Crippen LogP contribution >= 0.6 is 0 Å². The van der Waals surface area contributed by atoms with Gasteiger partial charge in [0.2, 0.25) is 0 Å². The van der Waals surface area contributed by atoms with Crippen LogP contribution in [0, 0.1) is 51.2 Å². The average Bonchev–Trinajstić information content (AvgIpc) is 3.28. The van der Waals surface area contributed by atoms with E-state index in [2.05, 4.69) is 41.2 Å². The highest BCUT2D eigenvalue weighted by Crippen LogP contribution is 2.87. The molecule has 5 unspecified atom stereocenters. The molecule has 30 heavy (non-hydrogen) atoms. The standard InChI is InChI=1S/C29H48O/c1-19(2)20(3)7-8-21(4)24-12-13-27(6)25-10-9-22-17-23(30)11-14-28(22)18-29(25,28)16-15-26(24,27)5/h19,21-25,30H,3,7-18H2,1-2,4-6H3/t21?,22?,23-,24+,25?,26+,27-,28?,29?/m0/s1. The molecule has 0 saturated heterocycles. The van der Waals surface area contributed by atoms with Crippen molar-refractivity contribution in [3.05, 3.63) is 12.2 Å². The van der Waals surface area contributed by atoms with Gasteiger partial charge in [-0.25, -0.2) is 0 Å². The molecule has 0 radical (unpaired) electrons. The van der Waals surface area contributed by atoms with Crippen LogP contribution in [0.4, 0.5) is 0 Å². The fourth-order valence-corrected chi connectivity index (χ4v) is 10.5. The van der Waals surface area contributed by atoms with E-state index in [1.165, 1.54) is 69.8 Å². The van der Waals surface area contributed by atoms with Crippen LogP contribution in [0.3, 0.4) is 0 Å². The molecule has 9 atom stereocenters. The number of hydrogen-bond donors (Lipinski definition) is 1. The highest BCUT2D eigenvalue weighted by molar-refractivity contribution is 5.29. The lowest BCUT2D eigenvalue weighted by atomic mass is 9.43. The van der Waals surface area contributed by atoms with Crippen LogP contribution in [0.1, 0.15) is 112 Å². The van der Waals surface area contributed by atoms with Crippen molar-refractivity contribution in [1.29, 1.82) is 0 Å². The lowest BCUT2D eigenvalue weighted by Gasteiger charge is -2.61. The Labute approximate surface area is 186 Å². The largest absolute Gasteiger partial charge is 0.393 e. The smallest absolute Gasteiger partial charge is 0.0543 e. The molecule has 0 aromatic rings. The second-order valence-electron chi connectivity index (χ2n) is 13.6. The van der Waals surface area contributed by atoms with Crippen LogP contribution < -0.4 is 0 Å². The molecule has 0 aliphatic heterocycles. The molecule has 0 aromatic heterocycles. The van der Waals surface area contributed by atoms with Crippen LogP contribution in [-0.4, -0.2) is 11.2 Å². The second kappa shape index (κ2) is 6.85. The van der Waals surface area contributed by atoms with Crippen LogP contribution in [0.2, 0.25) is 0 Å². The summed E-state index contributed by atoms with van der Waals surface area (Å²) in [6.07, 6.45) is 16.4. The van der Waals surface area contributed by atoms with Gasteiger partial charge in [-0.15, -0.1) is 0 Å². The summed E-state index contributed by atoms with van der Waals surface area (Å²) in [5.41, 5.74) is 3.83. The number of allylic oxidation sites excluding steroid dienone is 1. The summed E-state index contributed by atoms with van der Waals surface area (Å²) in [7, 11) is 0. The van der Waals surface area contributed by atoms with Crippen molar-refractivity contribution in [2.75, 3.05) is 0 Å². The Bertz CT molecular complexity index is 709. The average molecular weight is 413 g/mol. The first kappa shape index (κ1) is 21.5. The van der Waals surface area contributed by atoms with Gasteiger partial charge in [-0.1, -0.05) is 46.8 Å². The van der Waals surface area contributed by atoms with E-state index in [-0.39, 0.29) is 6.10 Å². The summed E-state index contributed by atoms with van der Waals surface area (Å²) < 4.78 is 0. The highest BCUT2D eigenvalue weighted by Gasteiger charge is 2.80. The van der Waals surface area contributed by atoms with Gasteiger partial charge >= 0.3 is 0 Å². The summed E-state index contributed by atoms with van der Waals surface area (Å²) in [5.74, 6) is 4.16. The van der Waals surface area contributed by atoms with Gasteiger partial charge in [0.05, 0.1) is 6.10 Å². The molecule has 2 spiro atoms. The molecule has 170 valence electrons. The molecule has 1 N–H and O–H groups in total. The molecular weight excluding hydrogens is 364 g/mol. The summed E-state index contributed by atoms with van der Waals surface area (Å²) in [4.78, 5) is 0. The minimum absolute atomic E-state index is 0.00318. The minimum atomic E-state index is -0.00318. The Morgan fingerprint density at radius 1 is 0.933 bits per heavy atom. The fraction of sp³-hybridized carbons (Fsp3) is 0.931. The van der Waals surface area contributed by atoms with Crippen molar-refractivity contribution in [2.45, 2.75) is 118 Å².